The van der Waals surface area contributed by atoms with E-state index in [1.165, 1.54) is 23.2 Å². The first kappa shape index (κ1) is 16.4. The van der Waals surface area contributed by atoms with Gasteiger partial charge in [0.2, 0.25) is 0 Å². The van der Waals surface area contributed by atoms with Crippen LogP contribution in [0.5, 0.6) is 0 Å². The zero-order chi connectivity index (χ0) is 16.3. The van der Waals surface area contributed by atoms with Crippen LogP contribution in [0, 0.1) is 5.82 Å². The third-order valence-corrected chi connectivity index (χ3v) is 3.50. The number of rotatable bonds is 2. The summed E-state index contributed by atoms with van der Waals surface area (Å²) in [4.78, 5) is 11.7. The molecule has 0 saturated heterocycles. The van der Waals surface area contributed by atoms with Gasteiger partial charge in [0.05, 0.1) is 10.6 Å². The number of nitrogens with zero attached hydrogens (tertiary/aromatic N) is 2. The number of aliphatic carboxylic acids is 1. The fourth-order valence-electron chi connectivity index (χ4n) is 2.19. The summed E-state index contributed by atoms with van der Waals surface area (Å²) in [5, 5.41) is 15.1. The zero-order valence-corrected chi connectivity index (χ0v) is 12.7. The quantitative estimate of drug-likeness (QED) is 0.714. The first-order valence-electron chi connectivity index (χ1n) is 6.59. The second kappa shape index (κ2) is 6.87. The molecule has 22 heavy (non-hydrogen) atoms. The summed E-state index contributed by atoms with van der Waals surface area (Å²) in [6.07, 6.45) is 0. The minimum Gasteiger partial charge on any atom is -0.478 e. The first-order chi connectivity index (χ1) is 10.4. The van der Waals surface area contributed by atoms with Crippen LogP contribution in [-0.2, 0) is 4.79 Å². The molecule has 118 valence electrons. The molecule has 8 heteroatoms. The van der Waals surface area contributed by atoms with Crippen LogP contribution < -0.4 is 11.3 Å². The van der Waals surface area contributed by atoms with E-state index in [2.05, 4.69) is 10.5 Å². The average molecular weight is 327 g/mol. The van der Waals surface area contributed by atoms with E-state index in [0.29, 0.717) is 24.2 Å². The average Bonchev–Trinajstić information content (AvgIpc) is 2.50. The van der Waals surface area contributed by atoms with Gasteiger partial charge < -0.3 is 10.5 Å². The van der Waals surface area contributed by atoms with Crippen molar-refractivity contribution in [3.05, 3.63) is 45.7 Å². The van der Waals surface area contributed by atoms with E-state index in [9.17, 15) is 14.3 Å². The zero-order valence-electron chi connectivity index (χ0n) is 11.9. The van der Waals surface area contributed by atoms with Crippen LogP contribution in [0.25, 0.3) is 0 Å². The molecule has 0 amide bonds. The lowest BCUT2D eigenvalue weighted by Crippen LogP contribution is -2.37. The standard InChI is InChI=1S/C14H16ClFN4O2/c1-8-7-20(17)5-4-18-19-13(12(8)14(21)22)9-2-3-11(16)10(15)6-9/h2-3,6,18H,4-5,7,17H2,1H3,(H,21,22)/b12-8-,19-13-. The largest absolute Gasteiger partial charge is 0.478 e. The van der Waals surface area contributed by atoms with E-state index in [1.54, 1.807) is 6.92 Å². The minimum absolute atomic E-state index is 0.0209. The van der Waals surface area contributed by atoms with Crippen molar-refractivity contribution in [2.45, 2.75) is 6.92 Å². The monoisotopic (exact) mass is 326 g/mol. The molecular weight excluding hydrogens is 311 g/mol. The normalized spacial score (nSPS) is 22.8. The lowest BCUT2D eigenvalue weighted by Gasteiger charge is -2.16. The molecule has 0 radical (unpaired) electrons. The van der Waals surface area contributed by atoms with Gasteiger partial charge in [-0.25, -0.2) is 14.2 Å². The van der Waals surface area contributed by atoms with E-state index < -0.39 is 11.8 Å². The molecule has 0 unspecified atom stereocenters. The second-order valence-corrected chi connectivity index (χ2v) is 5.34. The number of nitrogens with two attached hydrogens (primary N) is 1. The van der Waals surface area contributed by atoms with Gasteiger partial charge in [-0.1, -0.05) is 11.6 Å². The molecule has 0 spiro atoms. The molecule has 0 bridgehead atoms. The van der Waals surface area contributed by atoms with Crippen LogP contribution in [0.15, 0.2) is 34.4 Å². The fraction of sp³-hybridized carbons (Fsp3) is 0.286. The van der Waals surface area contributed by atoms with Crippen molar-refractivity contribution in [1.29, 1.82) is 0 Å². The summed E-state index contributed by atoms with van der Waals surface area (Å²) in [6, 6.07) is 3.97. The van der Waals surface area contributed by atoms with Gasteiger partial charge >= 0.3 is 5.97 Å². The summed E-state index contributed by atoms with van der Waals surface area (Å²) < 4.78 is 13.3. The topological polar surface area (TPSA) is 90.9 Å². The molecule has 0 saturated carbocycles. The molecular formula is C14H16ClFN4O2. The van der Waals surface area contributed by atoms with Crippen LogP contribution >= 0.6 is 11.6 Å². The number of carboxylic acids is 1. The fourth-order valence-corrected chi connectivity index (χ4v) is 2.37. The Morgan fingerprint density at radius 1 is 1.55 bits per heavy atom. The molecule has 1 heterocycles. The Bertz CT molecular complexity index is 660. The third-order valence-electron chi connectivity index (χ3n) is 3.21. The number of hydrazine groups is 1. The number of carboxylic acid groups (broad SMARTS) is 1. The number of carbonyl (C=O) groups is 1. The molecule has 4 N–H and O–H groups in total. The highest BCUT2D eigenvalue weighted by atomic mass is 35.5. The second-order valence-electron chi connectivity index (χ2n) is 4.93. The number of halogens is 2. The SMILES string of the molecule is C/C1=C(C(=O)O)\C(c2ccc(F)c(Cl)c2)=N/NCCN(N)C1. The van der Waals surface area contributed by atoms with E-state index in [0.717, 1.165) is 0 Å². The highest BCUT2D eigenvalue weighted by Gasteiger charge is 2.23. The summed E-state index contributed by atoms with van der Waals surface area (Å²) in [5.41, 5.74) is 3.97. The lowest BCUT2D eigenvalue weighted by atomic mass is 9.98. The Morgan fingerprint density at radius 3 is 2.91 bits per heavy atom. The Hall–Kier alpha value is -1.96. The van der Waals surface area contributed by atoms with Crippen LogP contribution in [-0.4, -0.2) is 41.4 Å². The molecule has 0 aliphatic carbocycles. The molecule has 1 aliphatic heterocycles. The highest BCUT2D eigenvalue weighted by Crippen LogP contribution is 2.21. The number of hydrazone groups is 1. The Labute approximate surface area is 132 Å². The maximum atomic E-state index is 13.3. The minimum atomic E-state index is -1.13. The van der Waals surface area contributed by atoms with Crippen molar-refractivity contribution < 1.29 is 14.3 Å². The van der Waals surface area contributed by atoms with Crippen molar-refractivity contribution in [2.24, 2.45) is 10.9 Å². The molecule has 1 aromatic rings. The Kier molecular flexibility index (Phi) is 5.12. The van der Waals surface area contributed by atoms with Crippen LogP contribution in [0.3, 0.4) is 0 Å². The van der Waals surface area contributed by atoms with Gasteiger partial charge in [0.1, 0.15) is 11.5 Å². The molecule has 6 nitrogen and oxygen atoms in total. The third kappa shape index (κ3) is 3.62. The summed E-state index contributed by atoms with van der Waals surface area (Å²) in [5.74, 6) is 4.09. The molecule has 0 atom stereocenters. The molecule has 1 aromatic carbocycles. The Balaban J connectivity index is 2.57. The summed E-state index contributed by atoms with van der Waals surface area (Å²) in [7, 11) is 0. The van der Waals surface area contributed by atoms with E-state index in [-0.39, 0.29) is 22.9 Å². The van der Waals surface area contributed by atoms with Crippen molar-refractivity contribution in [1.82, 2.24) is 10.4 Å². The van der Waals surface area contributed by atoms with Crippen LogP contribution in [0.2, 0.25) is 5.02 Å². The van der Waals surface area contributed by atoms with Gasteiger partial charge in [0.15, 0.2) is 0 Å². The van der Waals surface area contributed by atoms with E-state index >= 15 is 0 Å². The van der Waals surface area contributed by atoms with Gasteiger partial charge in [-0.2, -0.15) is 5.10 Å². The summed E-state index contributed by atoms with van der Waals surface area (Å²) >= 11 is 5.78. The molecule has 1 aliphatic rings. The number of hydrogen-bond acceptors (Lipinski definition) is 5. The van der Waals surface area contributed by atoms with E-state index in [1.807, 2.05) is 0 Å². The highest BCUT2D eigenvalue weighted by molar-refractivity contribution is 6.32. The first-order valence-corrected chi connectivity index (χ1v) is 6.97. The van der Waals surface area contributed by atoms with Gasteiger partial charge in [-0.3, -0.25) is 5.84 Å². The number of benzene rings is 1. The number of hydrogen-bond donors (Lipinski definition) is 3. The van der Waals surface area contributed by atoms with Crippen molar-refractivity contribution in [2.75, 3.05) is 19.6 Å². The predicted molar refractivity (Wildman–Crippen MR) is 82.0 cm³/mol. The van der Waals surface area contributed by atoms with Gasteiger partial charge in [0.25, 0.3) is 0 Å². The number of nitrogens with one attached hydrogen (secondary N) is 1. The molecule has 2 rings (SSSR count). The lowest BCUT2D eigenvalue weighted by molar-refractivity contribution is -0.132. The van der Waals surface area contributed by atoms with Crippen molar-refractivity contribution in [3.8, 4) is 0 Å². The predicted octanol–water partition coefficient (Wildman–Crippen LogP) is 1.36. The van der Waals surface area contributed by atoms with Gasteiger partial charge in [-0.15, -0.1) is 0 Å². The Morgan fingerprint density at radius 2 is 2.27 bits per heavy atom. The van der Waals surface area contributed by atoms with Gasteiger partial charge in [-0.05, 0) is 30.7 Å². The van der Waals surface area contributed by atoms with Crippen LogP contribution in [0.4, 0.5) is 4.39 Å². The molecule has 0 fully saturated rings. The van der Waals surface area contributed by atoms with Gasteiger partial charge in [0, 0.05) is 25.2 Å². The molecule has 0 aromatic heterocycles. The smallest absolute Gasteiger partial charge is 0.337 e. The van der Waals surface area contributed by atoms with Crippen molar-refractivity contribution >= 4 is 23.3 Å². The maximum Gasteiger partial charge on any atom is 0.337 e. The van der Waals surface area contributed by atoms with E-state index in [4.69, 9.17) is 17.4 Å². The maximum absolute atomic E-state index is 13.3. The van der Waals surface area contributed by atoms with Crippen molar-refractivity contribution in [3.63, 3.8) is 0 Å². The summed E-state index contributed by atoms with van der Waals surface area (Å²) in [6.45, 7) is 2.92. The van der Waals surface area contributed by atoms with Crippen LogP contribution in [0.1, 0.15) is 12.5 Å².